The van der Waals surface area contributed by atoms with Crippen molar-refractivity contribution in [1.82, 2.24) is 0 Å². The number of carbonyl (C=O) groups is 3. The van der Waals surface area contributed by atoms with Crippen LogP contribution in [-0.4, -0.2) is 22.6 Å². The second-order valence-electron chi connectivity index (χ2n) is 3.44. The molecule has 0 fully saturated rings. The highest BCUT2D eigenvalue weighted by Crippen LogP contribution is 2.23. The molecule has 0 spiro atoms. The number of hydrogen-bond donors (Lipinski definition) is 1. The Bertz CT molecular complexity index is 461. The van der Waals surface area contributed by atoms with Crippen molar-refractivity contribution in [3.8, 4) is 0 Å². The average molecular weight is 204 g/mol. The zero-order valence-corrected chi connectivity index (χ0v) is 7.77. The van der Waals surface area contributed by atoms with Gasteiger partial charge in [-0.2, -0.15) is 0 Å². The SMILES string of the molecule is O=C(O)C1C(=O)Cc2ccccc2C1=O. The standard InChI is InChI=1S/C11H8O4/c12-8-5-6-3-1-2-4-7(6)10(13)9(8)11(14)15/h1-4,9H,5H2,(H,14,15). The largest absolute Gasteiger partial charge is 0.480 e. The highest BCUT2D eigenvalue weighted by molar-refractivity contribution is 6.25. The fraction of sp³-hybridized carbons (Fsp3) is 0.182. The molecule has 0 aliphatic heterocycles. The summed E-state index contributed by atoms with van der Waals surface area (Å²) in [5.74, 6) is -4.01. The predicted molar refractivity (Wildman–Crippen MR) is 50.6 cm³/mol. The third-order valence-electron chi connectivity index (χ3n) is 2.48. The fourth-order valence-corrected chi connectivity index (χ4v) is 1.76. The van der Waals surface area contributed by atoms with Gasteiger partial charge < -0.3 is 5.11 Å². The van der Waals surface area contributed by atoms with Crippen molar-refractivity contribution in [1.29, 1.82) is 0 Å². The van der Waals surface area contributed by atoms with Gasteiger partial charge in [-0.25, -0.2) is 0 Å². The van der Waals surface area contributed by atoms with Crippen LogP contribution < -0.4 is 0 Å². The van der Waals surface area contributed by atoms with Crippen LogP contribution in [0.15, 0.2) is 24.3 Å². The summed E-state index contributed by atoms with van der Waals surface area (Å²) in [5.41, 5.74) is 0.967. The first-order chi connectivity index (χ1) is 7.11. The number of ketones is 2. The lowest BCUT2D eigenvalue weighted by atomic mass is 9.82. The Labute approximate surface area is 85.5 Å². The minimum Gasteiger partial charge on any atom is -0.480 e. The Morgan fingerprint density at radius 3 is 2.60 bits per heavy atom. The number of carboxylic acids is 1. The van der Waals surface area contributed by atoms with Gasteiger partial charge in [0.15, 0.2) is 17.5 Å². The second kappa shape index (κ2) is 3.31. The third-order valence-corrected chi connectivity index (χ3v) is 2.48. The Balaban J connectivity index is 2.52. The molecular formula is C11H8O4. The summed E-state index contributed by atoms with van der Waals surface area (Å²) in [5, 5.41) is 8.76. The van der Waals surface area contributed by atoms with Crippen LogP contribution in [0.5, 0.6) is 0 Å². The van der Waals surface area contributed by atoms with Crippen molar-refractivity contribution >= 4 is 17.5 Å². The van der Waals surface area contributed by atoms with Gasteiger partial charge in [-0.15, -0.1) is 0 Å². The van der Waals surface area contributed by atoms with E-state index in [1.807, 2.05) is 0 Å². The van der Waals surface area contributed by atoms with E-state index in [2.05, 4.69) is 0 Å². The second-order valence-corrected chi connectivity index (χ2v) is 3.44. The molecule has 1 aromatic rings. The first-order valence-corrected chi connectivity index (χ1v) is 4.49. The van der Waals surface area contributed by atoms with Crippen molar-refractivity contribution in [3.63, 3.8) is 0 Å². The lowest BCUT2D eigenvalue weighted by Gasteiger charge is -2.18. The molecule has 0 bridgehead atoms. The molecule has 0 radical (unpaired) electrons. The lowest BCUT2D eigenvalue weighted by molar-refractivity contribution is -0.144. The van der Waals surface area contributed by atoms with Crippen LogP contribution in [0.25, 0.3) is 0 Å². The number of carboxylic acid groups (broad SMARTS) is 1. The monoisotopic (exact) mass is 204 g/mol. The average Bonchev–Trinajstić information content (AvgIpc) is 2.17. The van der Waals surface area contributed by atoms with E-state index < -0.39 is 23.5 Å². The van der Waals surface area contributed by atoms with Crippen molar-refractivity contribution < 1.29 is 19.5 Å². The minimum atomic E-state index is -1.51. The van der Waals surface area contributed by atoms with E-state index in [-0.39, 0.29) is 6.42 Å². The molecule has 1 atom stereocenters. The van der Waals surface area contributed by atoms with E-state index in [1.165, 1.54) is 0 Å². The molecule has 4 nitrogen and oxygen atoms in total. The van der Waals surface area contributed by atoms with Crippen LogP contribution >= 0.6 is 0 Å². The van der Waals surface area contributed by atoms with Crippen LogP contribution in [0, 0.1) is 5.92 Å². The highest BCUT2D eigenvalue weighted by atomic mass is 16.4. The van der Waals surface area contributed by atoms with E-state index in [1.54, 1.807) is 24.3 Å². The van der Waals surface area contributed by atoms with Gasteiger partial charge in [-0.1, -0.05) is 24.3 Å². The molecule has 1 aromatic carbocycles. The Kier molecular flexibility index (Phi) is 2.11. The quantitative estimate of drug-likeness (QED) is 0.683. The van der Waals surface area contributed by atoms with Gasteiger partial charge in [-0.3, -0.25) is 14.4 Å². The van der Waals surface area contributed by atoms with Crippen molar-refractivity contribution in [2.24, 2.45) is 5.92 Å². The predicted octanol–water partition coefficient (Wildman–Crippen LogP) is 0.695. The topological polar surface area (TPSA) is 71.4 Å². The van der Waals surface area contributed by atoms with Crippen LogP contribution in [-0.2, 0) is 16.0 Å². The van der Waals surface area contributed by atoms with E-state index in [4.69, 9.17) is 5.11 Å². The number of carbonyl (C=O) groups excluding carboxylic acids is 2. The maximum Gasteiger partial charge on any atom is 0.322 e. The van der Waals surface area contributed by atoms with Crippen LogP contribution in [0.4, 0.5) is 0 Å². The Morgan fingerprint density at radius 1 is 1.27 bits per heavy atom. The lowest BCUT2D eigenvalue weighted by Crippen LogP contribution is -2.37. The Morgan fingerprint density at radius 2 is 1.93 bits per heavy atom. The highest BCUT2D eigenvalue weighted by Gasteiger charge is 2.39. The molecule has 76 valence electrons. The zero-order chi connectivity index (χ0) is 11.0. The zero-order valence-electron chi connectivity index (χ0n) is 7.77. The molecule has 0 aromatic heterocycles. The molecule has 1 N–H and O–H groups in total. The molecule has 1 aliphatic rings. The number of Topliss-reactive ketones (excluding diaryl/α,β-unsaturated/α-hetero) is 2. The summed E-state index contributed by atoms with van der Waals surface area (Å²) >= 11 is 0. The molecule has 15 heavy (non-hydrogen) atoms. The number of benzene rings is 1. The summed E-state index contributed by atoms with van der Waals surface area (Å²) in [6.07, 6.45) is 0.0267. The van der Waals surface area contributed by atoms with Gasteiger partial charge >= 0.3 is 5.97 Å². The van der Waals surface area contributed by atoms with Gasteiger partial charge in [0, 0.05) is 12.0 Å². The summed E-state index contributed by atoms with van der Waals surface area (Å²) in [4.78, 5) is 33.8. The van der Waals surface area contributed by atoms with Gasteiger partial charge in [0.25, 0.3) is 0 Å². The summed E-state index contributed by atoms with van der Waals surface area (Å²) in [7, 11) is 0. The number of aliphatic carboxylic acids is 1. The van der Waals surface area contributed by atoms with Crippen molar-refractivity contribution in [2.45, 2.75) is 6.42 Å². The number of hydrogen-bond acceptors (Lipinski definition) is 3. The molecule has 0 saturated carbocycles. The molecule has 4 heteroatoms. The number of rotatable bonds is 1. The smallest absolute Gasteiger partial charge is 0.322 e. The normalized spacial score (nSPS) is 19.9. The third kappa shape index (κ3) is 1.44. The molecule has 0 heterocycles. The van der Waals surface area contributed by atoms with Gasteiger partial charge in [0.05, 0.1) is 0 Å². The van der Waals surface area contributed by atoms with Crippen LogP contribution in [0.2, 0.25) is 0 Å². The maximum atomic E-state index is 11.7. The molecule has 2 rings (SSSR count). The molecule has 0 amide bonds. The molecular weight excluding hydrogens is 196 g/mol. The molecule has 1 aliphatic carbocycles. The van der Waals surface area contributed by atoms with Crippen LogP contribution in [0.3, 0.4) is 0 Å². The van der Waals surface area contributed by atoms with E-state index >= 15 is 0 Å². The summed E-state index contributed by atoms with van der Waals surface area (Å²) in [6, 6.07) is 6.61. The maximum absolute atomic E-state index is 11.7. The van der Waals surface area contributed by atoms with Crippen molar-refractivity contribution in [2.75, 3.05) is 0 Å². The van der Waals surface area contributed by atoms with Crippen LogP contribution in [0.1, 0.15) is 15.9 Å². The Hall–Kier alpha value is -1.97. The first kappa shape index (κ1) is 9.58. The van der Waals surface area contributed by atoms with E-state index in [9.17, 15) is 14.4 Å². The van der Waals surface area contributed by atoms with Gasteiger partial charge in [0.2, 0.25) is 0 Å². The summed E-state index contributed by atoms with van der Waals surface area (Å²) in [6.45, 7) is 0. The van der Waals surface area contributed by atoms with Crippen molar-refractivity contribution in [3.05, 3.63) is 35.4 Å². The van der Waals surface area contributed by atoms with Gasteiger partial charge in [-0.05, 0) is 5.56 Å². The van der Waals surface area contributed by atoms with Gasteiger partial charge in [0.1, 0.15) is 0 Å². The molecule has 0 saturated heterocycles. The minimum absolute atomic E-state index is 0.0267. The van der Waals surface area contributed by atoms with E-state index in [0.29, 0.717) is 11.1 Å². The summed E-state index contributed by atoms with van der Waals surface area (Å²) < 4.78 is 0. The van der Waals surface area contributed by atoms with E-state index in [0.717, 1.165) is 0 Å². The first-order valence-electron chi connectivity index (χ1n) is 4.49. The molecule has 1 unspecified atom stereocenters. The number of fused-ring (bicyclic) bond motifs is 1. The fourth-order valence-electron chi connectivity index (χ4n) is 1.76.